The molecule has 0 aliphatic heterocycles. The molecule has 0 saturated carbocycles. The van der Waals surface area contributed by atoms with Crippen LogP contribution in [0.5, 0.6) is 0 Å². The normalized spacial score (nSPS) is 11.8. The van der Waals surface area contributed by atoms with Crippen molar-refractivity contribution in [2.45, 2.75) is 19.4 Å². The molecular weight excluding hydrogens is 313 g/mol. The first-order valence-electron chi connectivity index (χ1n) is 8.29. The fraction of sp³-hybridized carbons (Fsp3) is 0.136. The highest BCUT2D eigenvalue weighted by Crippen LogP contribution is 2.25. The summed E-state index contributed by atoms with van der Waals surface area (Å²) in [6, 6.07) is 23.4. The molecule has 0 bridgehead atoms. The van der Waals surface area contributed by atoms with Crippen molar-refractivity contribution >= 4 is 11.5 Å². The Bertz CT molecular complexity index is 826. The number of halogens is 1. The molecule has 0 spiro atoms. The van der Waals surface area contributed by atoms with Crippen LogP contribution in [0.3, 0.4) is 0 Å². The van der Waals surface area contributed by atoms with Crippen molar-refractivity contribution in [2.24, 2.45) is 0 Å². The molecule has 0 saturated heterocycles. The number of aryl methyl sites for hydroxylation is 1. The van der Waals surface area contributed by atoms with Gasteiger partial charge in [-0.3, -0.25) is 4.79 Å². The predicted molar refractivity (Wildman–Crippen MR) is 99.3 cm³/mol. The molecule has 3 heteroatoms. The number of carbonyl (C=O) groups excluding carboxylic acids is 1. The van der Waals surface area contributed by atoms with E-state index in [9.17, 15) is 9.18 Å². The van der Waals surface area contributed by atoms with Gasteiger partial charge in [-0.05, 0) is 36.8 Å². The van der Waals surface area contributed by atoms with Crippen LogP contribution in [0.25, 0.3) is 0 Å². The van der Waals surface area contributed by atoms with Crippen LogP contribution in [0, 0.1) is 12.7 Å². The summed E-state index contributed by atoms with van der Waals surface area (Å²) in [5, 5.41) is 3.36. The Hall–Kier alpha value is -2.94. The van der Waals surface area contributed by atoms with Gasteiger partial charge in [0, 0.05) is 17.7 Å². The molecule has 3 rings (SSSR count). The minimum Gasteiger partial charge on any atom is -0.378 e. The molecule has 126 valence electrons. The third-order valence-corrected chi connectivity index (χ3v) is 4.15. The average molecular weight is 333 g/mol. The summed E-state index contributed by atoms with van der Waals surface area (Å²) in [7, 11) is 0. The van der Waals surface area contributed by atoms with E-state index in [1.54, 1.807) is 12.1 Å². The van der Waals surface area contributed by atoms with E-state index >= 15 is 0 Å². The molecule has 3 aromatic rings. The monoisotopic (exact) mass is 333 g/mol. The number of anilines is 1. The number of hydrogen-bond acceptors (Lipinski definition) is 2. The van der Waals surface area contributed by atoms with E-state index in [1.807, 2.05) is 61.5 Å². The number of benzene rings is 3. The van der Waals surface area contributed by atoms with Crippen LogP contribution in [-0.2, 0) is 0 Å². The third kappa shape index (κ3) is 4.54. The highest BCUT2D eigenvalue weighted by atomic mass is 19.1. The first kappa shape index (κ1) is 16.9. The Morgan fingerprint density at radius 2 is 1.56 bits per heavy atom. The summed E-state index contributed by atoms with van der Waals surface area (Å²) in [5.74, 6) is -0.210. The third-order valence-electron chi connectivity index (χ3n) is 4.15. The zero-order valence-electron chi connectivity index (χ0n) is 14.1. The van der Waals surface area contributed by atoms with Crippen LogP contribution in [0.2, 0.25) is 0 Å². The Morgan fingerprint density at radius 1 is 0.920 bits per heavy atom. The number of Topliss-reactive ketones (excluding diaryl/α,β-unsaturated/α-hetero) is 1. The van der Waals surface area contributed by atoms with Crippen LogP contribution < -0.4 is 5.32 Å². The fourth-order valence-corrected chi connectivity index (χ4v) is 2.73. The lowest BCUT2D eigenvalue weighted by atomic mass is 9.97. The molecule has 3 aromatic carbocycles. The van der Waals surface area contributed by atoms with Gasteiger partial charge in [0.15, 0.2) is 5.78 Å². The molecule has 1 unspecified atom stereocenters. The molecule has 0 radical (unpaired) electrons. The second kappa shape index (κ2) is 7.75. The molecular formula is C22H20FNO. The minimum absolute atomic E-state index is 0.0702. The Balaban J connectivity index is 1.84. The van der Waals surface area contributed by atoms with E-state index in [0.29, 0.717) is 12.0 Å². The Morgan fingerprint density at radius 3 is 2.20 bits per heavy atom. The molecule has 1 N–H and O–H groups in total. The van der Waals surface area contributed by atoms with Gasteiger partial charge < -0.3 is 5.32 Å². The predicted octanol–water partition coefficient (Wildman–Crippen LogP) is 5.56. The van der Waals surface area contributed by atoms with Crippen molar-refractivity contribution in [1.82, 2.24) is 0 Å². The van der Waals surface area contributed by atoms with E-state index in [2.05, 4.69) is 5.32 Å². The summed E-state index contributed by atoms with van der Waals surface area (Å²) in [6.07, 6.45) is 0.324. The van der Waals surface area contributed by atoms with Gasteiger partial charge in [0.2, 0.25) is 0 Å². The first-order chi connectivity index (χ1) is 12.1. The largest absolute Gasteiger partial charge is 0.378 e. The standard InChI is InChI=1S/C22H20FNO/c1-16-7-9-17(10-8-16)21(24-20-13-11-19(23)12-14-20)15-22(25)18-5-3-2-4-6-18/h2-14,21,24H,15H2,1H3. The minimum atomic E-state index is -0.280. The maximum atomic E-state index is 13.1. The van der Waals surface area contributed by atoms with Crippen LogP contribution in [0.15, 0.2) is 78.9 Å². The van der Waals surface area contributed by atoms with Crippen LogP contribution in [-0.4, -0.2) is 5.78 Å². The van der Waals surface area contributed by atoms with Gasteiger partial charge in [-0.25, -0.2) is 4.39 Å². The van der Waals surface area contributed by atoms with E-state index in [0.717, 1.165) is 11.3 Å². The molecule has 0 heterocycles. The summed E-state index contributed by atoms with van der Waals surface area (Å²) < 4.78 is 13.1. The van der Waals surface area contributed by atoms with Crippen molar-refractivity contribution < 1.29 is 9.18 Å². The molecule has 0 aromatic heterocycles. The molecule has 0 aliphatic carbocycles. The van der Waals surface area contributed by atoms with Crippen molar-refractivity contribution in [3.63, 3.8) is 0 Å². The van der Waals surface area contributed by atoms with E-state index < -0.39 is 0 Å². The van der Waals surface area contributed by atoms with E-state index in [-0.39, 0.29) is 17.6 Å². The van der Waals surface area contributed by atoms with Gasteiger partial charge in [0.25, 0.3) is 0 Å². The van der Waals surface area contributed by atoms with Gasteiger partial charge in [0.05, 0.1) is 6.04 Å². The number of rotatable bonds is 6. The topological polar surface area (TPSA) is 29.1 Å². The number of hydrogen-bond donors (Lipinski definition) is 1. The molecule has 0 fully saturated rings. The molecule has 0 aliphatic rings. The van der Waals surface area contributed by atoms with Crippen molar-refractivity contribution in [1.29, 1.82) is 0 Å². The molecule has 2 nitrogen and oxygen atoms in total. The zero-order chi connectivity index (χ0) is 17.6. The van der Waals surface area contributed by atoms with Gasteiger partial charge >= 0.3 is 0 Å². The summed E-state index contributed by atoms with van der Waals surface area (Å²) in [4.78, 5) is 12.6. The van der Waals surface area contributed by atoms with E-state index in [1.165, 1.54) is 17.7 Å². The van der Waals surface area contributed by atoms with Crippen molar-refractivity contribution in [3.8, 4) is 0 Å². The second-order valence-electron chi connectivity index (χ2n) is 6.11. The summed E-state index contributed by atoms with van der Waals surface area (Å²) >= 11 is 0. The number of carbonyl (C=O) groups is 1. The summed E-state index contributed by atoms with van der Waals surface area (Å²) in [5.41, 5.74) is 3.67. The Kier molecular flexibility index (Phi) is 5.24. The van der Waals surface area contributed by atoms with Gasteiger partial charge in [-0.1, -0.05) is 60.2 Å². The average Bonchev–Trinajstić information content (AvgIpc) is 2.64. The van der Waals surface area contributed by atoms with Crippen LogP contribution in [0.1, 0.15) is 33.9 Å². The molecule has 0 amide bonds. The fourth-order valence-electron chi connectivity index (χ4n) is 2.73. The van der Waals surface area contributed by atoms with Gasteiger partial charge in [-0.15, -0.1) is 0 Å². The maximum absolute atomic E-state index is 13.1. The summed E-state index contributed by atoms with van der Waals surface area (Å²) in [6.45, 7) is 2.03. The molecule has 1 atom stereocenters. The number of nitrogens with one attached hydrogen (secondary N) is 1. The molecule has 25 heavy (non-hydrogen) atoms. The van der Waals surface area contributed by atoms with Crippen molar-refractivity contribution in [2.75, 3.05) is 5.32 Å². The van der Waals surface area contributed by atoms with Crippen LogP contribution in [0.4, 0.5) is 10.1 Å². The van der Waals surface area contributed by atoms with Gasteiger partial charge in [-0.2, -0.15) is 0 Å². The highest BCUT2D eigenvalue weighted by Gasteiger charge is 2.17. The van der Waals surface area contributed by atoms with E-state index in [4.69, 9.17) is 0 Å². The van der Waals surface area contributed by atoms with Gasteiger partial charge in [0.1, 0.15) is 5.82 Å². The lowest BCUT2D eigenvalue weighted by Crippen LogP contribution is -2.16. The second-order valence-corrected chi connectivity index (χ2v) is 6.11. The first-order valence-corrected chi connectivity index (χ1v) is 8.29. The lowest BCUT2D eigenvalue weighted by Gasteiger charge is -2.20. The zero-order valence-corrected chi connectivity index (χ0v) is 14.1. The van der Waals surface area contributed by atoms with Crippen LogP contribution >= 0.6 is 0 Å². The maximum Gasteiger partial charge on any atom is 0.165 e. The highest BCUT2D eigenvalue weighted by molar-refractivity contribution is 5.96. The quantitative estimate of drug-likeness (QED) is 0.598. The SMILES string of the molecule is Cc1ccc(C(CC(=O)c2ccccc2)Nc2ccc(F)cc2)cc1. The smallest absolute Gasteiger partial charge is 0.165 e. The lowest BCUT2D eigenvalue weighted by molar-refractivity contribution is 0.0976. The Labute approximate surface area is 147 Å². The number of ketones is 1. The van der Waals surface area contributed by atoms with Crippen molar-refractivity contribution in [3.05, 3.63) is 101 Å².